The van der Waals surface area contributed by atoms with Gasteiger partial charge in [-0.15, -0.1) is 0 Å². The van der Waals surface area contributed by atoms with Gasteiger partial charge >= 0.3 is 0 Å². The van der Waals surface area contributed by atoms with E-state index in [9.17, 15) is 26.7 Å². The number of nitrogens with two attached hydrogens (primary N) is 1. The van der Waals surface area contributed by atoms with Crippen LogP contribution in [0.3, 0.4) is 0 Å². The topological polar surface area (TPSA) is 114 Å². The largest absolute Gasteiger partial charge is 0.488 e. The normalized spacial score (nSPS) is 23.9. The number of rotatable bonds is 2. The number of fused-ring (bicyclic) bond motifs is 1. The van der Waals surface area contributed by atoms with Crippen molar-refractivity contribution in [2.24, 2.45) is 5.73 Å². The zero-order valence-electron chi connectivity index (χ0n) is 16.6. The first-order chi connectivity index (χ1) is 14.5. The summed E-state index contributed by atoms with van der Waals surface area (Å²) in [5, 5.41) is 12.7. The number of nitrogens with one attached hydrogen (secondary N) is 2. The molecule has 4 rings (SSSR count). The first-order valence-corrected chi connectivity index (χ1v) is 11.2. The van der Waals surface area contributed by atoms with Gasteiger partial charge in [0.1, 0.15) is 35.7 Å². The van der Waals surface area contributed by atoms with Crippen molar-refractivity contribution in [3.8, 4) is 5.75 Å². The molecular formula is C20H22F3N3O4S. The molecule has 1 spiro atoms. The van der Waals surface area contributed by atoms with Crippen LogP contribution in [0.1, 0.15) is 24.8 Å². The van der Waals surface area contributed by atoms with Crippen molar-refractivity contribution >= 4 is 27.1 Å². The van der Waals surface area contributed by atoms with Crippen molar-refractivity contribution in [3.05, 3.63) is 47.3 Å². The molecule has 1 aliphatic carbocycles. The van der Waals surface area contributed by atoms with Crippen LogP contribution in [0.25, 0.3) is 0 Å². The Morgan fingerprint density at radius 3 is 2.58 bits per heavy atom. The van der Waals surface area contributed by atoms with Crippen LogP contribution in [-0.4, -0.2) is 37.0 Å². The van der Waals surface area contributed by atoms with Gasteiger partial charge in [-0.05, 0) is 43.9 Å². The number of anilines is 3. The van der Waals surface area contributed by atoms with E-state index < -0.39 is 55.7 Å². The van der Waals surface area contributed by atoms with Gasteiger partial charge in [-0.3, -0.25) is 4.72 Å². The summed E-state index contributed by atoms with van der Waals surface area (Å²) in [6, 6.07) is 3.85. The van der Waals surface area contributed by atoms with E-state index in [1.165, 1.54) is 12.1 Å². The Morgan fingerprint density at radius 1 is 1.23 bits per heavy atom. The molecule has 2 aromatic carbocycles. The van der Waals surface area contributed by atoms with Gasteiger partial charge < -0.3 is 20.9 Å². The van der Waals surface area contributed by atoms with Crippen molar-refractivity contribution in [1.29, 1.82) is 0 Å². The monoisotopic (exact) mass is 457 g/mol. The molecule has 7 nitrogen and oxygen atoms in total. The van der Waals surface area contributed by atoms with E-state index in [0.29, 0.717) is 24.5 Å². The van der Waals surface area contributed by atoms with Crippen LogP contribution in [-0.2, 0) is 10.0 Å². The number of ether oxygens (including phenoxy) is 1. The standard InChI is InChI=1S/C20H22F3N3O4S/c1-10-2-3-14(11(21)6-10)25-19-17(23)12(22)7-16-18(19)26-31(28,29)20(4-5-20)8-13(24)15(27)9-30-16/h2-3,6-7,13,15,25-27H,4-5,8-9,24H2,1H3. The lowest BCUT2D eigenvalue weighted by molar-refractivity contribution is 0.0816. The highest BCUT2D eigenvalue weighted by Crippen LogP contribution is 2.50. The van der Waals surface area contributed by atoms with Crippen LogP contribution in [0.4, 0.5) is 30.2 Å². The highest BCUT2D eigenvalue weighted by molar-refractivity contribution is 7.94. The molecule has 2 atom stereocenters. The summed E-state index contributed by atoms with van der Waals surface area (Å²) in [6.45, 7) is 1.29. The second kappa shape index (κ2) is 7.57. The van der Waals surface area contributed by atoms with E-state index in [1.807, 2.05) is 0 Å². The average Bonchev–Trinajstić information content (AvgIpc) is 3.48. The van der Waals surface area contributed by atoms with Gasteiger partial charge in [0.25, 0.3) is 0 Å². The molecule has 1 heterocycles. The van der Waals surface area contributed by atoms with Crippen LogP contribution in [0.15, 0.2) is 24.3 Å². The van der Waals surface area contributed by atoms with E-state index in [0.717, 1.165) is 0 Å². The highest BCUT2D eigenvalue weighted by atomic mass is 32.2. The zero-order chi connectivity index (χ0) is 22.6. The molecule has 168 valence electrons. The molecule has 5 N–H and O–H groups in total. The van der Waals surface area contributed by atoms with Crippen molar-refractivity contribution in [2.45, 2.75) is 43.1 Å². The zero-order valence-corrected chi connectivity index (χ0v) is 17.4. The Bertz CT molecular complexity index is 1140. The quantitative estimate of drug-likeness (QED) is 0.552. The fourth-order valence-electron chi connectivity index (χ4n) is 3.62. The number of hydrogen-bond donors (Lipinski definition) is 4. The van der Waals surface area contributed by atoms with E-state index >= 15 is 0 Å². The molecule has 0 saturated heterocycles. The number of halogens is 3. The molecule has 31 heavy (non-hydrogen) atoms. The number of aliphatic hydroxyl groups is 1. The molecule has 2 aromatic rings. The van der Waals surface area contributed by atoms with Gasteiger partial charge in [0.05, 0.1) is 10.4 Å². The second-order valence-electron chi connectivity index (χ2n) is 8.06. The van der Waals surface area contributed by atoms with Crippen molar-refractivity contribution in [3.63, 3.8) is 0 Å². The molecule has 2 aliphatic rings. The molecule has 11 heteroatoms. The predicted molar refractivity (Wildman–Crippen MR) is 109 cm³/mol. The molecule has 1 aliphatic heterocycles. The van der Waals surface area contributed by atoms with Crippen LogP contribution in [0.5, 0.6) is 5.75 Å². The third kappa shape index (κ3) is 3.92. The summed E-state index contributed by atoms with van der Waals surface area (Å²) in [6.07, 6.45) is -0.644. The molecule has 2 unspecified atom stereocenters. The maximum Gasteiger partial charge on any atom is 0.238 e. The lowest BCUT2D eigenvalue weighted by atomic mass is 10.1. The molecule has 0 radical (unpaired) electrons. The summed E-state index contributed by atoms with van der Waals surface area (Å²) >= 11 is 0. The van der Waals surface area contributed by atoms with E-state index in [1.54, 1.807) is 13.0 Å². The van der Waals surface area contributed by atoms with Gasteiger partial charge in [0.2, 0.25) is 10.0 Å². The van der Waals surface area contributed by atoms with Crippen molar-refractivity contribution < 1.29 is 31.4 Å². The predicted octanol–water partition coefficient (Wildman–Crippen LogP) is 2.90. The maximum atomic E-state index is 14.8. The number of aliphatic hydroxyl groups excluding tert-OH is 1. The van der Waals surface area contributed by atoms with Gasteiger partial charge in [-0.2, -0.15) is 0 Å². The summed E-state index contributed by atoms with van der Waals surface area (Å²) in [5.41, 5.74) is 5.32. The Kier molecular flexibility index (Phi) is 5.31. The minimum atomic E-state index is -4.12. The third-order valence-electron chi connectivity index (χ3n) is 5.69. The summed E-state index contributed by atoms with van der Waals surface area (Å²) in [5.74, 6) is -3.85. The van der Waals surface area contributed by atoms with Crippen LogP contribution in [0.2, 0.25) is 0 Å². The Balaban J connectivity index is 1.86. The fourth-order valence-corrected chi connectivity index (χ4v) is 5.36. The molecule has 0 bridgehead atoms. The summed E-state index contributed by atoms with van der Waals surface area (Å²) in [4.78, 5) is 0. The molecule has 1 saturated carbocycles. The first kappa shape index (κ1) is 21.7. The molecule has 0 amide bonds. The second-order valence-corrected chi connectivity index (χ2v) is 10.1. The summed E-state index contributed by atoms with van der Waals surface area (Å²) in [7, 11) is -4.12. The summed E-state index contributed by atoms with van der Waals surface area (Å²) < 4.78 is 76.1. The van der Waals surface area contributed by atoms with Crippen LogP contribution >= 0.6 is 0 Å². The minimum absolute atomic E-state index is 0.0266. The third-order valence-corrected chi connectivity index (χ3v) is 7.88. The molecule has 1 fully saturated rings. The Labute approximate surface area is 177 Å². The lowest BCUT2D eigenvalue weighted by Gasteiger charge is -2.28. The van der Waals surface area contributed by atoms with Crippen molar-refractivity contribution in [1.82, 2.24) is 0 Å². The van der Waals surface area contributed by atoms with E-state index in [4.69, 9.17) is 10.5 Å². The molecule has 0 aromatic heterocycles. The molecular weight excluding hydrogens is 435 g/mol. The fraction of sp³-hybridized carbons (Fsp3) is 0.400. The number of aryl methyl sites for hydroxylation is 1. The van der Waals surface area contributed by atoms with E-state index in [-0.39, 0.29) is 24.5 Å². The SMILES string of the molecule is Cc1ccc(Nc2c(F)c(F)cc3c2NS(=O)(=O)C2(CC2)CC(N)C(O)CO3)c(F)c1. The van der Waals surface area contributed by atoms with Crippen LogP contribution in [0, 0.1) is 24.4 Å². The van der Waals surface area contributed by atoms with Crippen LogP contribution < -0.4 is 20.5 Å². The first-order valence-electron chi connectivity index (χ1n) is 9.67. The average molecular weight is 457 g/mol. The van der Waals surface area contributed by atoms with Crippen molar-refractivity contribution in [2.75, 3.05) is 16.6 Å². The van der Waals surface area contributed by atoms with Gasteiger partial charge in [0.15, 0.2) is 11.6 Å². The number of hydrogen-bond acceptors (Lipinski definition) is 6. The smallest absolute Gasteiger partial charge is 0.238 e. The number of benzene rings is 2. The van der Waals surface area contributed by atoms with E-state index in [2.05, 4.69) is 10.0 Å². The minimum Gasteiger partial charge on any atom is -0.488 e. The highest BCUT2D eigenvalue weighted by Gasteiger charge is 2.56. The van der Waals surface area contributed by atoms with Gasteiger partial charge in [-0.25, -0.2) is 21.6 Å². The Hall–Kier alpha value is -2.50. The lowest BCUT2D eigenvalue weighted by Crippen LogP contribution is -2.45. The Morgan fingerprint density at radius 2 is 1.94 bits per heavy atom. The van der Waals surface area contributed by atoms with Gasteiger partial charge in [-0.1, -0.05) is 6.07 Å². The van der Waals surface area contributed by atoms with Gasteiger partial charge in [0, 0.05) is 12.1 Å². The maximum absolute atomic E-state index is 14.8. The number of sulfonamides is 1.